The third kappa shape index (κ3) is 1.56. The second-order valence-electron chi connectivity index (χ2n) is 2.68. The van der Waals surface area contributed by atoms with Gasteiger partial charge in [-0.25, -0.2) is 0 Å². The maximum atomic E-state index is 12.6. The van der Waals surface area contributed by atoms with Crippen LogP contribution in [0.5, 0.6) is 0 Å². The fourth-order valence-electron chi connectivity index (χ4n) is 0.775. The molecule has 0 radical (unpaired) electrons. The molecule has 0 saturated heterocycles. The quantitative estimate of drug-likeness (QED) is 0.613. The molecule has 0 fully saturated rings. The summed E-state index contributed by atoms with van der Waals surface area (Å²) < 4.78 is 26.6. The predicted octanol–water partition coefficient (Wildman–Crippen LogP) is 1.84. The lowest BCUT2D eigenvalue weighted by Gasteiger charge is -2.03. The van der Waals surface area contributed by atoms with E-state index < -0.39 is 5.92 Å². The Morgan fingerprint density at radius 3 is 2.27 bits per heavy atom. The summed E-state index contributed by atoms with van der Waals surface area (Å²) in [5.74, 6) is -2.83. The van der Waals surface area contributed by atoms with Gasteiger partial charge >= 0.3 is 0 Å². The number of aromatic nitrogens is 2. The molecule has 2 nitrogen and oxygen atoms in total. The minimum atomic E-state index is -2.83. The molecule has 0 spiro atoms. The van der Waals surface area contributed by atoms with E-state index in [-0.39, 0.29) is 5.69 Å². The van der Waals surface area contributed by atoms with Gasteiger partial charge < -0.3 is 0 Å². The van der Waals surface area contributed by atoms with E-state index in [0.717, 1.165) is 12.6 Å². The summed E-state index contributed by atoms with van der Waals surface area (Å²) >= 11 is 0. The van der Waals surface area contributed by atoms with Gasteiger partial charge in [-0.2, -0.15) is 13.9 Å². The summed E-state index contributed by atoms with van der Waals surface area (Å²) in [4.78, 5) is 0. The van der Waals surface area contributed by atoms with E-state index in [1.807, 2.05) is 0 Å². The number of nitrogens with zero attached hydrogens (tertiary/aromatic N) is 2. The van der Waals surface area contributed by atoms with Crippen molar-refractivity contribution in [2.75, 3.05) is 0 Å². The van der Waals surface area contributed by atoms with E-state index in [1.165, 1.54) is 10.7 Å². The number of rotatable bonds is 1. The monoisotopic (exact) mass is 160 g/mol. The molecular formula is C7H10F2N2. The minimum absolute atomic E-state index is 0.169. The Morgan fingerprint density at radius 1 is 1.55 bits per heavy atom. The van der Waals surface area contributed by atoms with E-state index in [0.29, 0.717) is 0 Å². The van der Waals surface area contributed by atoms with Crippen LogP contribution in [0.4, 0.5) is 8.78 Å². The minimum Gasteiger partial charge on any atom is -0.272 e. The number of halogens is 2. The molecule has 4 heteroatoms. The van der Waals surface area contributed by atoms with Crippen LogP contribution in [0.1, 0.15) is 18.3 Å². The standard InChI is InChI=1S/C7H10F2N2/c1-5-4-6(7(2,8)9)10-11(5)3/h4H,1-3H3. The zero-order valence-electron chi connectivity index (χ0n) is 6.73. The first kappa shape index (κ1) is 8.17. The molecule has 0 aliphatic carbocycles. The fraction of sp³-hybridized carbons (Fsp3) is 0.571. The summed E-state index contributed by atoms with van der Waals surface area (Å²) in [6.07, 6.45) is 0. The van der Waals surface area contributed by atoms with E-state index in [1.54, 1.807) is 14.0 Å². The highest BCUT2D eigenvalue weighted by atomic mass is 19.3. The van der Waals surface area contributed by atoms with Crippen LogP contribution in [-0.4, -0.2) is 9.78 Å². The van der Waals surface area contributed by atoms with E-state index >= 15 is 0 Å². The van der Waals surface area contributed by atoms with Gasteiger partial charge in [0.05, 0.1) is 0 Å². The molecule has 11 heavy (non-hydrogen) atoms. The predicted molar refractivity (Wildman–Crippen MR) is 37.5 cm³/mol. The van der Waals surface area contributed by atoms with Crippen molar-refractivity contribution >= 4 is 0 Å². The smallest absolute Gasteiger partial charge is 0.272 e. The van der Waals surface area contributed by atoms with Gasteiger partial charge in [0.15, 0.2) is 0 Å². The van der Waals surface area contributed by atoms with Crippen LogP contribution in [0.2, 0.25) is 0 Å². The lowest BCUT2D eigenvalue weighted by atomic mass is 10.2. The van der Waals surface area contributed by atoms with Crippen molar-refractivity contribution < 1.29 is 8.78 Å². The SMILES string of the molecule is Cc1cc(C(C)(F)F)nn1C. The van der Waals surface area contributed by atoms with Crippen molar-refractivity contribution in [1.82, 2.24) is 9.78 Å². The third-order valence-corrected chi connectivity index (χ3v) is 1.56. The molecule has 0 N–H and O–H groups in total. The lowest BCUT2D eigenvalue weighted by molar-refractivity contribution is 0.0122. The molecule has 0 atom stereocenters. The van der Waals surface area contributed by atoms with Gasteiger partial charge in [0, 0.05) is 19.7 Å². The Hall–Kier alpha value is -0.930. The second kappa shape index (κ2) is 2.29. The molecule has 0 aliphatic rings. The number of alkyl halides is 2. The topological polar surface area (TPSA) is 17.8 Å². The second-order valence-corrected chi connectivity index (χ2v) is 2.68. The van der Waals surface area contributed by atoms with Crippen molar-refractivity contribution in [3.8, 4) is 0 Å². The van der Waals surface area contributed by atoms with Crippen LogP contribution in [0.3, 0.4) is 0 Å². The molecule has 1 aromatic heterocycles. The van der Waals surface area contributed by atoms with Crippen molar-refractivity contribution in [3.05, 3.63) is 17.5 Å². The molecule has 0 bridgehead atoms. The maximum absolute atomic E-state index is 12.6. The average molecular weight is 160 g/mol. The molecule has 0 aliphatic heterocycles. The maximum Gasteiger partial charge on any atom is 0.288 e. The molecule has 0 aromatic carbocycles. The summed E-state index contributed by atoms with van der Waals surface area (Å²) in [5.41, 5.74) is 0.569. The highest BCUT2D eigenvalue weighted by Crippen LogP contribution is 2.25. The molecular weight excluding hydrogens is 150 g/mol. The highest BCUT2D eigenvalue weighted by Gasteiger charge is 2.27. The zero-order valence-corrected chi connectivity index (χ0v) is 6.73. The van der Waals surface area contributed by atoms with Crippen LogP contribution < -0.4 is 0 Å². The molecule has 1 rings (SSSR count). The first-order chi connectivity index (χ1) is 4.91. The van der Waals surface area contributed by atoms with Crippen molar-refractivity contribution in [3.63, 3.8) is 0 Å². The van der Waals surface area contributed by atoms with Crippen molar-refractivity contribution in [1.29, 1.82) is 0 Å². The Morgan fingerprint density at radius 2 is 2.09 bits per heavy atom. The molecule has 1 heterocycles. The van der Waals surface area contributed by atoms with E-state index in [9.17, 15) is 8.78 Å². The summed E-state index contributed by atoms with van der Waals surface area (Å²) in [6, 6.07) is 1.39. The molecule has 0 amide bonds. The van der Waals surface area contributed by atoms with Crippen molar-refractivity contribution in [2.24, 2.45) is 7.05 Å². The summed E-state index contributed by atoms with van der Waals surface area (Å²) in [5, 5.41) is 3.65. The van der Waals surface area contributed by atoms with Gasteiger partial charge in [-0.1, -0.05) is 0 Å². The third-order valence-electron chi connectivity index (χ3n) is 1.56. The van der Waals surface area contributed by atoms with Crippen LogP contribution in [0.15, 0.2) is 6.07 Å². The lowest BCUT2D eigenvalue weighted by Crippen LogP contribution is -2.08. The van der Waals surface area contributed by atoms with Gasteiger partial charge in [0.2, 0.25) is 0 Å². The average Bonchev–Trinajstić information content (AvgIpc) is 2.11. The van der Waals surface area contributed by atoms with Gasteiger partial charge in [-0.3, -0.25) is 4.68 Å². The molecule has 1 aromatic rings. The van der Waals surface area contributed by atoms with Crippen molar-refractivity contribution in [2.45, 2.75) is 19.8 Å². The van der Waals surface area contributed by atoms with Gasteiger partial charge in [-0.15, -0.1) is 0 Å². The first-order valence-electron chi connectivity index (χ1n) is 3.30. The number of hydrogen-bond donors (Lipinski definition) is 0. The van der Waals surface area contributed by atoms with Crippen LogP contribution in [-0.2, 0) is 13.0 Å². The van der Waals surface area contributed by atoms with E-state index in [4.69, 9.17) is 0 Å². The van der Waals surface area contributed by atoms with Gasteiger partial charge in [0.25, 0.3) is 5.92 Å². The van der Waals surface area contributed by atoms with Crippen LogP contribution in [0.25, 0.3) is 0 Å². The fourth-order valence-corrected chi connectivity index (χ4v) is 0.775. The van der Waals surface area contributed by atoms with Crippen LogP contribution in [0, 0.1) is 6.92 Å². The normalized spacial score (nSPS) is 12.1. The first-order valence-corrected chi connectivity index (χ1v) is 3.30. The number of hydrogen-bond acceptors (Lipinski definition) is 1. The Bertz CT molecular complexity index is 240. The Labute approximate surface area is 63.8 Å². The van der Waals surface area contributed by atoms with Gasteiger partial charge in [0.1, 0.15) is 5.69 Å². The van der Waals surface area contributed by atoms with E-state index in [2.05, 4.69) is 5.10 Å². The molecule has 62 valence electrons. The molecule has 0 saturated carbocycles. The van der Waals surface area contributed by atoms with Gasteiger partial charge in [-0.05, 0) is 13.0 Å². The van der Waals surface area contributed by atoms with Crippen LogP contribution >= 0.6 is 0 Å². The Balaban J connectivity index is 3.08. The molecule has 0 unspecified atom stereocenters. The Kier molecular flexibility index (Phi) is 1.70. The summed E-state index contributed by atoms with van der Waals surface area (Å²) in [7, 11) is 1.64. The summed E-state index contributed by atoms with van der Waals surface area (Å²) in [6.45, 7) is 2.58. The highest BCUT2D eigenvalue weighted by molar-refractivity contribution is 5.12. The number of aryl methyl sites for hydroxylation is 2. The largest absolute Gasteiger partial charge is 0.288 e. The zero-order chi connectivity index (χ0) is 8.65.